The summed E-state index contributed by atoms with van der Waals surface area (Å²) in [6.45, 7) is 12.8. The van der Waals surface area contributed by atoms with Gasteiger partial charge in [-0.15, -0.1) is 0 Å². The van der Waals surface area contributed by atoms with Crippen LogP contribution < -0.4 is 5.32 Å². The molecule has 23 heavy (non-hydrogen) atoms. The first kappa shape index (κ1) is 20.1. The van der Waals surface area contributed by atoms with Gasteiger partial charge in [0, 0.05) is 28.8 Å². The van der Waals surface area contributed by atoms with E-state index in [2.05, 4.69) is 21.2 Å². The van der Waals surface area contributed by atoms with Crippen LogP contribution in [0.15, 0.2) is 22.7 Å². The zero-order valence-electron chi connectivity index (χ0n) is 14.7. The average molecular weight is 406 g/mol. The standard InChI is InChI=1S/C17H26BrClN2O2/c1-16(2,3)21(15(22)23-17(4,5)6)10-9-20-12-7-8-14(19)13(18)11-12/h7-8,11,20H,9-10H2,1-6H3. The van der Waals surface area contributed by atoms with Crippen molar-refractivity contribution in [2.24, 2.45) is 0 Å². The number of anilines is 1. The second-order valence-electron chi connectivity index (χ2n) is 7.36. The van der Waals surface area contributed by atoms with Crippen molar-refractivity contribution < 1.29 is 9.53 Å². The van der Waals surface area contributed by atoms with Crippen LogP contribution in [0.3, 0.4) is 0 Å². The van der Waals surface area contributed by atoms with Crippen LogP contribution in [0.4, 0.5) is 10.5 Å². The Bertz CT molecular complexity index is 551. The molecular formula is C17H26BrClN2O2. The quantitative estimate of drug-likeness (QED) is 0.714. The molecule has 130 valence electrons. The fourth-order valence-electron chi connectivity index (χ4n) is 1.94. The lowest BCUT2D eigenvalue weighted by Crippen LogP contribution is -2.49. The van der Waals surface area contributed by atoms with Gasteiger partial charge in [0.2, 0.25) is 0 Å². The summed E-state index contributed by atoms with van der Waals surface area (Å²) in [5.74, 6) is 0. The second-order valence-corrected chi connectivity index (χ2v) is 8.62. The molecule has 1 amide bonds. The number of benzene rings is 1. The molecule has 0 aromatic heterocycles. The van der Waals surface area contributed by atoms with Gasteiger partial charge in [-0.05, 0) is 75.7 Å². The highest BCUT2D eigenvalue weighted by Gasteiger charge is 2.30. The highest BCUT2D eigenvalue weighted by Crippen LogP contribution is 2.25. The van der Waals surface area contributed by atoms with Gasteiger partial charge in [0.05, 0.1) is 5.02 Å². The minimum atomic E-state index is -0.505. The molecule has 0 fully saturated rings. The number of nitrogens with one attached hydrogen (secondary N) is 1. The first-order valence-electron chi connectivity index (χ1n) is 7.60. The van der Waals surface area contributed by atoms with Crippen molar-refractivity contribution in [2.75, 3.05) is 18.4 Å². The van der Waals surface area contributed by atoms with E-state index in [0.29, 0.717) is 18.1 Å². The SMILES string of the molecule is CC(C)(C)OC(=O)N(CCNc1ccc(Cl)c(Br)c1)C(C)(C)C. The molecule has 0 unspecified atom stereocenters. The number of hydrogen-bond donors (Lipinski definition) is 1. The molecule has 0 aliphatic heterocycles. The summed E-state index contributed by atoms with van der Waals surface area (Å²) in [5.41, 5.74) is 0.124. The van der Waals surface area contributed by atoms with Crippen LogP contribution in [0.5, 0.6) is 0 Å². The monoisotopic (exact) mass is 404 g/mol. The number of halogens is 2. The zero-order chi connectivity index (χ0) is 17.8. The van der Waals surface area contributed by atoms with Crippen molar-refractivity contribution >= 4 is 39.3 Å². The molecule has 0 spiro atoms. The summed E-state index contributed by atoms with van der Waals surface area (Å²) < 4.78 is 6.34. The zero-order valence-corrected chi connectivity index (χ0v) is 17.0. The molecule has 0 aliphatic carbocycles. The van der Waals surface area contributed by atoms with Crippen molar-refractivity contribution in [3.8, 4) is 0 Å². The van der Waals surface area contributed by atoms with E-state index in [0.717, 1.165) is 10.2 Å². The van der Waals surface area contributed by atoms with E-state index in [-0.39, 0.29) is 11.6 Å². The van der Waals surface area contributed by atoms with E-state index in [1.54, 1.807) is 4.90 Å². The molecule has 1 rings (SSSR count). The smallest absolute Gasteiger partial charge is 0.410 e. The Morgan fingerprint density at radius 1 is 1.26 bits per heavy atom. The third-order valence-corrected chi connectivity index (χ3v) is 4.22. The van der Waals surface area contributed by atoms with Gasteiger partial charge in [-0.3, -0.25) is 0 Å². The fraction of sp³-hybridized carbons (Fsp3) is 0.588. The Balaban J connectivity index is 2.68. The maximum absolute atomic E-state index is 12.4. The summed E-state index contributed by atoms with van der Waals surface area (Å²) in [6, 6.07) is 5.64. The summed E-state index contributed by atoms with van der Waals surface area (Å²) in [5, 5.41) is 3.96. The third-order valence-electron chi connectivity index (χ3n) is 3.01. The summed E-state index contributed by atoms with van der Waals surface area (Å²) in [7, 11) is 0. The Kier molecular flexibility index (Phi) is 6.78. The van der Waals surface area contributed by atoms with Crippen LogP contribution >= 0.6 is 27.5 Å². The van der Waals surface area contributed by atoms with E-state index in [1.165, 1.54) is 0 Å². The molecule has 0 aliphatic rings. The van der Waals surface area contributed by atoms with Gasteiger partial charge < -0.3 is 15.0 Å². The van der Waals surface area contributed by atoms with Gasteiger partial charge >= 0.3 is 6.09 Å². The first-order valence-corrected chi connectivity index (χ1v) is 8.77. The van der Waals surface area contributed by atoms with E-state index < -0.39 is 5.60 Å². The van der Waals surface area contributed by atoms with Crippen LogP contribution in [0.25, 0.3) is 0 Å². The molecule has 0 saturated carbocycles. The van der Waals surface area contributed by atoms with E-state index in [9.17, 15) is 4.79 Å². The predicted molar refractivity (Wildman–Crippen MR) is 100 cm³/mol. The highest BCUT2D eigenvalue weighted by atomic mass is 79.9. The maximum Gasteiger partial charge on any atom is 0.410 e. The number of ether oxygens (including phenoxy) is 1. The fourth-order valence-corrected chi connectivity index (χ4v) is 2.43. The molecular weight excluding hydrogens is 380 g/mol. The summed E-state index contributed by atoms with van der Waals surface area (Å²) in [4.78, 5) is 14.1. The van der Waals surface area contributed by atoms with Crippen molar-refractivity contribution in [1.29, 1.82) is 0 Å². The third kappa shape index (κ3) is 7.00. The average Bonchev–Trinajstić information content (AvgIpc) is 2.35. The topological polar surface area (TPSA) is 41.6 Å². The van der Waals surface area contributed by atoms with E-state index in [4.69, 9.17) is 16.3 Å². The summed E-state index contributed by atoms with van der Waals surface area (Å²) in [6.07, 6.45) is -0.302. The Hall–Kier alpha value is -0.940. The van der Waals surface area contributed by atoms with Crippen LogP contribution in [-0.2, 0) is 4.74 Å². The van der Waals surface area contributed by atoms with Gasteiger partial charge in [-0.1, -0.05) is 11.6 Å². The minimum Gasteiger partial charge on any atom is -0.444 e. The lowest BCUT2D eigenvalue weighted by Gasteiger charge is -2.37. The molecule has 0 bridgehead atoms. The maximum atomic E-state index is 12.4. The number of amides is 1. The minimum absolute atomic E-state index is 0.302. The number of nitrogens with zero attached hydrogens (tertiary/aromatic N) is 1. The number of hydrogen-bond acceptors (Lipinski definition) is 3. The second kappa shape index (κ2) is 7.75. The Morgan fingerprint density at radius 3 is 2.35 bits per heavy atom. The Labute approximate surface area is 152 Å². The summed E-state index contributed by atoms with van der Waals surface area (Å²) >= 11 is 9.38. The molecule has 0 radical (unpaired) electrons. The largest absolute Gasteiger partial charge is 0.444 e. The van der Waals surface area contributed by atoms with Gasteiger partial charge in [0.15, 0.2) is 0 Å². The molecule has 1 aromatic rings. The number of carbonyl (C=O) groups excluding carboxylic acids is 1. The van der Waals surface area contributed by atoms with Gasteiger partial charge in [-0.2, -0.15) is 0 Å². The molecule has 4 nitrogen and oxygen atoms in total. The molecule has 0 atom stereocenters. The lowest BCUT2D eigenvalue weighted by molar-refractivity contribution is 0.00749. The van der Waals surface area contributed by atoms with Gasteiger partial charge in [0.1, 0.15) is 5.60 Å². The van der Waals surface area contributed by atoms with Crippen molar-refractivity contribution in [3.63, 3.8) is 0 Å². The highest BCUT2D eigenvalue weighted by molar-refractivity contribution is 9.10. The number of rotatable bonds is 4. The predicted octanol–water partition coefficient (Wildman–Crippen LogP) is 5.55. The van der Waals surface area contributed by atoms with Crippen LogP contribution in [0, 0.1) is 0 Å². The van der Waals surface area contributed by atoms with Crippen LogP contribution in [0.2, 0.25) is 5.02 Å². The number of carbonyl (C=O) groups is 1. The Morgan fingerprint density at radius 2 is 1.87 bits per heavy atom. The van der Waals surface area contributed by atoms with Crippen molar-refractivity contribution in [1.82, 2.24) is 4.90 Å². The molecule has 0 heterocycles. The van der Waals surface area contributed by atoms with Crippen molar-refractivity contribution in [2.45, 2.75) is 52.7 Å². The lowest BCUT2D eigenvalue weighted by atomic mass is 10.1. The normalized spacial score (nSPS) is 12.0. The molecule has 6 heteroatoms. The van der Waals surface area contributed by atoms with E-state index >= 15 is 0 Å². The van der Waals surface area contributed by atoms with Crippen LogP contribution in [-0.4, -0.2) is 35.2 Å². The van der Waals surface area contributed by atoms with Crippen LogP contribution in [0.1, 0.15) is 41.5 Å². The van der Waals surface area contributed by atoms with Crippen molar-refractivity contribution in [3.05, 3.63) is 27.7 Å². The van der Waals surface area contributed by atoms with Gasteiger partial charge in [-0.25, -0.2) is 4.79 Å². The molecule has 0 saturated heterocycles. The molecule has 1 N–H and O–H groups in total. The first-order chi connectivity index (χ1) is 10.4. The van der Waals surface area contributed by atoms with Gasteiger partial charge in [0.25, 0.3) is 0 Å². The van der Waals surface area contributed by atoms with E-state index in [1.807, 2.05) is 59.7 Å². The molecule has 1 aromatic carbocycles.